The van der Waals surface area contributed by atoms with Gasteiger partial charge in [-0.05, 0) is 69.6 Å². The molecule has 0 bridgehead atoms. The third-order valence-electron chi connectivity index (χ3n) is 4.98. The molecule has 1 saturated heterocycles. The van der Waals surface area contributed by atoms with Gasteiger partial charge in [0.05, 0.1) is 4.90 Å². The lowest BCUT2D eigenvalue weighted by atomic mass is 9.99. The lowest BCUT2D eigenvalue weighted by molar-refractivity contribution is 0.191. The number of hydrogen-bond acceptors (Lipinski definition) is 4. The first-order valence-electron chi connectivity index (χ1n) is 9.64. The minimum Gasteiger partial charge on any atom is -0.356 e. The lowest BCUT2D eigenvalue weighted by Crippen LogP contribution is -2.39. The van der Waals surface area contributed by atoms with E-state index in [0.717, 1.165) is 37.0 Å². The standard InChI is InChI=1S/C19H33N5O2S.HI/c1-16-8-12-24(13-9-16)11-5-10-22-19(20-2)23-15-17-6-4-7-18(14-17)27(25,26)21-3;/h4,6-7,14,16,21H,5,8-13,15H2,1-3H3,(H2,20,22,23);1H. The molecule has 9 heteroatoms. The van der Waals surface area contributed by atoms with E-state index in [9.17, 15) is 8.42 Å². The molecule has 1 aliphatic heterocycles. The maximum absolute atomic E-state index is 11.9. The highest BCUT2D eigenvalue weighted by atomic mass is 127. The Labute approximate surface area is 186 Å². The SMILES string of the molecule is CN=C(NCCCN1CCC(C)CC1)NCc1cccc(S(=O)(=O)NC)c1.I. The first kappa shape index (κ1) is 25.1. The number of likely N-dealkylation sites (tertiary alicyclic amines) is 1. The van der Waals surface area contributed by atoms with Gasteiger partial charge in [-0.15, -0.1) is 24.0 Å². The number of rotatable bonds is 8. The van der Waals surface area contributed by atoms with Crippen LogP contribution in [0, 0.1) is 5.92 Å². The fourth-order valence-electron chi connectivity index (χ4n) is 3.14. The average Bonchev–Trinajstić information content (AvgIpc) is 2.69. The summed E-state index contributed by atoms with van der Waals surface area (Å²) in [5, 5.41) is 6.56. The molecule has 1 heterocycles. The van der Waals surface area contributed by atoms with E-state index < -0.39 is 10.0 Å². The number of hydrogen-bond donors (Lipinski definition) is 3. The summed E-state index contributed by atoms with van der Waals surface area (Å²) in [4.78, 5) is 7.04. The van der Waals surface area contributed by atoms with Crippen LogP contribution in [0.3, 0.4) is 0 Å². The second-order valence-electron chi connectivity index (χ2n) is 7.09. The van der Waals surface area contributed by atoms with Crippen LogP contribution >= 0.6 is 24.0 Å². The van der Waals surface area contributed by atoms with Crippen LogP contribution in [0.25, 0.3) is 0 Å². The number of nitrogens with zero attached hydrogens (tertiary/aromatic N) is 2. The van der Waals surface area contributed by atoms with Crippen molar-refractivity contribution in [2.24, 2.45) is 10.9 Å². The van der Waals surface area contributed by atoms with Crippen molar-refractivity contribution in [1.82, 2.24) is 20.3 Å². The molecule has 0 atom stereocenters. The van der Waals surface area contributed by atoms with Gasteiger partial charge < -0.3 is 15.5 Å². The van der Waals surface area contributed by atoms with Gasteiger partial charge in [-0.3, -0.25) is 4.99 Å². The van der Waals surface area contributed by atoms with Gasteiger partial charge in [0.2, 0.25) is 10.0 Å². The molecule has 0 amide bonds. The van der Waals surface area contributed by atoms with E-state index in [2.05, 4.69) is 32.2 Å². The summed E-state index contributed by atoms with van der Waals surface area (Å²) in [6.45, 7) is 7.23. The lowest BCUT2D eigenvalue weighted by Gasteiger charge is -2.30. The summed E-state index contributed by atoms with van der Waals surface area (Å²) in [7, 11) is -0.272. The van der Waals surface area contributed by atoms with Gasteiger partial charge >= 0.3 is 0 Å². The number of guanidine groups is 1. The Morgan fingerprint density at radius 2 is 1.96 bits per heavy atom. The minimum atomic E-state index is -3.42. The van der Waals surface area contributed by atoms with Crippen LogP contribution in [0.4, 0.5) is 0 Å². The summed E-state index contributed by atoms with van der Waals surface area (Å²) < 4.78 is 26.1. The fraction of sp³-hybridized carbons (Fsp3) is 0.632. The molecule has 1 aromatic carbocycles. The van der Waals surface area contributed by atoms with E-state index in [1.807, 2.05) is 6.07 Å². The fourth-order valence-corrected chi connectivity index (χ4v) is 3.94. The highest BCUT2D eigenvalue weighted by molar-refractivity contribution is 14.0. The van der Waals surface area contributed by atoms with Crippen molar-refractivity contribution in [1.29, 1.82) is 0 Å². The van der Waals surface area contributed by atoms with Gasteiger partial charge in [0.25, 0.3) is 0 Å². The molecule has 7 nitrogen and oxygen atoms in total. The summed E-state index contributed by atoms with van der Waals surface area (Å²) in [5.74, 6) is 1.59. The third kappa shape index (κ3) is 8.22. The molecular formula is C19H34IN5O2S. The quantitative estimate of drug-likeness (QED) is 0.210. The van der Waals surface area contributed by atoms with Crippen LogP contribution in [0.1, 0.15) is 31.7 Å². The Balaban J connectivity index is 0.00000392. The second-order valence-corrected chi connectivity index (χ2v) is 8.97. The monoisotopic (exact) mass is 523 g/mol. The van der Waals surface area contributed by atoms with Gasteiger partial charge in [-0.25, -0.2) is 13.1 Å². The molecule has 1 aliphatic rings. The number of benzene rings is 1. The minimum absolute atomic E-state index is 0. The third-order valence-corrected chi connectivity index (χ3v) is 6.39. The molecule has 1 fully saturated rings. The molecule has 0 radical (unpaired) electrons. The summed E-state index contributed by atoms with van der Waals surface area (Å²) in [6, 6.07) is 6.90. The van der Waals surface area contributed by atoms with Crippen molar-refractivity contribution >= 4 is 40.0 Å². The van der Waals surface area contributed by atoms with Crippen LogP contribution in [-0.2, 0) is 16.6 Å². The Hall–Kier alpha value is -0.910. The molecule has 1 aromatic rings. The van der Waals surface area contributed by atoms with Crippen molar-refractivity contribution in [3.63, 3.8) is 0 Å². The molecule has 0 aliphatic carbocycles. The largest absolute Gasteiger partial charge is 0.356 e. The normalized spacial score (nSPS) is 16.5. The first-order valence-corrected chi connectivity index (χ1v) is 11.1. The molecule has 2 rings (SSSR count). The zero-order valence-electron chi connectivity index (χ0n) is 17.1. The van der Waals surface area contributed by atoms with Crippen molar-refractivity contribution in [3.8, 4) is 0 Å². The topological polar surface area (TPSA) is 85.8 Å². The maximum atomic E-state index is 11.9. The molecule has 0 aromatic heterocycles. The van der Waals surface area contributed by atoms with E-state index in [4.69, 9.17) is 0 Å². The zero-order valence-corrected chi connectivity index (χ0v) is 20.2. The number of nitrogens with one attached hydrogen (secondary N) is 3. The predicted octanol–water partition coefficient (Wildman–Crippen LogP) is 2.00. The summed E-state index contributed by atoms with van der Waals surface area (Å²) in [6.07, 6.45) is 3.68. The van der Waals surface area contributed by atoms with Crippen molar-refractivity contribution in [3.05, 3.63) is 29.8 Å². The summed E-state index contributed by atoms with van der Waals surface area (Å²) in [5.41, 5.74) is 0.886. The number of sulfonamides is 1. The summed E-state index contributed by atoms with van der Waals surface area (Å²) >= 11 is 0. The van der Waals surface area contributed by atoms with Gasteiger partial charge in [0.15, 0.2) is 5.96 Å². The van der Waals surface area contributed by atoms with Gasteiger partial charge in [-0.2, -0.15) is 0 Å². The number of piperidine rings is 1. The Kier molecular flexibility index (Phi) is 11.3. The maximum Gasteiger partial charge on any atom is 0.240 e. The van der Waals surface area contributed by atoms with Gasteiger partial charge in [-0.1, -0.05) is 19.1 Å². The molecular weight excluding hydrogens is 489 g/mol. The molecule has 3 N–H and O–H groups in total. The highest BCUT2D eigenvalue weighted by Crippen LogP contribution is 2.15. The van der Waals surface area contributed by atoms with Crippen LogP contribution in [0.5, 0.6) is 0 Å². The predicted molar refractivity (Wildman–Crippen MR) is 126 cm³/mol. The molecule has 0 saturated carbocycles. The highest BCUT2D eigenvalue weighted by Gasteiger charge is 2.15. The van der Waals surface area contributed by atoms with Crippen molar-refractivity contribution < 1.29 is 8.42 Å². The zero-order chi connectivity index (χ0) is 19.7. The molecule has 160 valence electrons. The number of aliphatic imine (C=N–C) groups is 1. The molecule has 0 spiro atoms. The van der Waals surface area contributed by atoms with E-state index in [0.29, 0.717) is 6.54 Å². The Morgan fingerprint density at radius 3 is 2.61 bits per heavy atom. The van der Waals surface area contributed by atoms with Crippen molar-refractivity contribution in [2.45, 2.75) is 37.6 Å². The van der Waals surface area contributed by atoms with Crippen LogP contribution in [0.2, 0.25) is 0 Å². The first-order chi connectivity index (χ1) is 12.9. The Bertz CT molecular complexity index is 719. The van der Waals surface area contributed by atoms with E-state index in [1.165, 1.54) is 33.0 Å². The van der Waals surface area contributed by atoms with Crippen LogP contribution < -0.4 is 15.4 Å². The average molecular weight is 523 g/mol. The van der Waals surface area contributed by atoms with Gasteiger partial charge in [0.1, 0.15) is 0 Å². The smallest absolute Gasteiger partial charge is 0.240 e. The Morgan fingerprint density at radius 1 is 1.25 bits per heavy atom. The molecule has 0 unspecified atom stereocenters. The van der Waals surface area contributed by atoms with Gasteiger partial charge in [0, 0.05) is 20.1 Å². The van der Waals surface area contributed by atoms with Crippen molar-refractivity contribution in [2.75, 3.05) is 40.3 Å². The molecule has 28 heavy (non-hydrogen) atoms. The second kappa shape index (κ2) is 12.6. The number of halogens is 1. The van der Waals surface area contributed by atoms with E-state index in [-0.39, 0.29) is 28.9 Å². The van der Waals surface area contributed by atoms with Crippen LogP contribution in [-0.4, -0.2) is 59.6 Å². The van der Waals surface area contributed by atoms with E-state index in [1.54, 1.807) is 25.2 Å². The van der Waals surface area contributed by atoms with E-state index >= 15 is 0 Å². The van der Waals surface area contributed by atoms with Crippen LogP contribution in [0.15, 0.2) is 34.2 Å².